The smallest absolute Gasteiger partial charge is 0.265 e. The van der Waals surface area contributed by atoms with Crippen molar-refractivity contribution >= 4 is 34.1 Å². The molecule has 1 amide bonds. The number of hydrogen-bond acceptors (Lipinski definition) is 4. The van der Waals surface area contributed by atoms with Gasteiger partial charge in [0, 0.05) is 10.7 Å². The van der Waals surface area contributed by atoms with Gasteiger partial charge in [-0.25, -0.2) is 4.98 Å². The van der Waals surface area contributed by atoms with Crippen molar-refractivity contribution < 1.29 is 9.53 Å². The lowest BCUT2D eigenvalue weighted by atomic mass is 10.2. The molecule has 6 nitrogen and oxygen atoms in total. The van der Waals surface area contributed by atoms with Crippen LogP contribution in [0, 0.1) is 6.92 Å². The molecule has 1 aromatic heterocycles. The fourth-order valence-corrected chi connectivity index (χ4v) is 3.32. The standard InChI is InChI=1S/C23H18ClN3O3/c1-15-25-21-8-3-2-7-20(21)23(29)27(15)18-11-9-17(10-12-18)26-22(28)14-30-19-6-4-5-16(24)13-19/h2-13H,14H2,1H3,(H,26,28). The van der Waals surface area contributed by atoms with Crippen molar-refractivity contribution in [1.82, 2.24) is 9.55 Å². The summed E-state index contributed by atoms with van der Waals surface area (Å²) in [6.45, 7) is 1.64. The van der Waals surface area contributed by atoms with Crippen LogP contribution in [0.5, 0.6) is 5.75 Å². The molecule has 0 fully saturated rings. The first-order chi connectivity index (χ1) is 14.5. The van der Waals surface area contributed by atoms with Gasteiger partial charge in [-0.15, -0.1) is 0 Å². The number of anilines is 1. The first kappa shape index (κ1) is 19.7. The van der Waals surface area contributed by atoms with E-state index in [1.165, 1.54) is 0 Å². The van der Waals surface area contributed by atoms with Gasteiger partial charge in [-0.2, -0.15) is 0 Å². The minimum Gasteiger partial charge on any atom is -0.484 e. The molecule has 4 aromatic rings. The van der Waals surface area contributed by atoms with E-state index in [0.29, 0.717) is 38.9 Å². The number of carbonyl (C=O) groups excluding carboxylic acids is 1. The topological polar surface area (TPSA) is 73.2 Å². The molecule has 0 unspecified atom stereocenters. The minimum atomic E-state index is -0.302. The molecule has 1 heterocycles. The Morgan fingerprint density at radius 1 is 1.07 bits per heavy atom. The van der Waals surface area contributed by atoms with Crippen molar-refractivity contribution in [2.45, 2.75) is 6.92 Å². The van der Waals surface area contributed by atoms with Crippen LogP contribution < -0.4 is 15.6 Å². The molecule has 0 radical (unpaired) electrons. The maximum atomic E-state index is 12.9. The van der Waals surface area contributed by atoms with Crippen molar-refractivity contribution in [1.29, 1.82) is 0 Å². The molecule has 0 bridgehead atoms. The number of rotatable bonds is 5. The molecule has 0 aliphatic heterocycles. The first-order valence-electron chi connectivity index (χ1n) is 9.28. The Morgan fingerprint density at radius 2 is 1.83 bits per heavy atom. The van der Waals surface area contributed by atoms with Crippen LogP contribution in [0.1, 0.15) is 5.82 Å². The molecular weight excluding hydrogens is 402 g/mol. The summed E-state index contributed by atoms with van der Waals surface area (Å²) < 4.78 is 6.99. The molecule has 3 aromatic carbocycles. The Labute approximate surface area is 177 Å². The number of halogens is 1. The van der Waals surface area contributed by atoms with Gasteiger partial charge in [0.25, 0.3) is 11.5 Å². The van der Waals surface area contributed by atoms with Crippen LogP contribution in [0.3, 0.4) is 0 Å². The van der Waals surface area contributed by atoms with Crippen molar-refractivity contribution in [3.8, 4) is 11.4 Å². The average molecular weight is 420 g/mol. The van der Waals surface area contributed by atoms with E-state index < -0.39 is 0 Å². The van der Waals surface area contributed by atoms with E-state index >= 15 is 0 Å². The maximum Gasteiger partial charge on any atom is 0.265 e. The number of nitrogens with zero attached hydrogens (tertiary/aromatic N) is 2. The Morgan fingerprint density at radius 3 is 2.60 bits per heavy atom. The van der Waals surface area contributed by atoms with Gasteiger partial charge in [0.05, 0.1) is 16.6 Å². The van der Waals surface area contributed by atoms with Gasteiger partial charge < -0.3 is 10.1 Å². The van der Waals surface area contributed by atoms with Crippen LogP contribution >= 0.6 is 11.6 Å². The highest BCUT2D eigenvalue weighted by atomic mass is 35.5. The Bertz CT molecular complexity index is 1280. The van der Waals surface area contributed by atoms with Crippen LogP contribution in [0.25, 0.3) is 16.6 Å². The number of fused-ring (bicyclic) bond motifs is 1. The fraction of sp³-hybridized carbons (Fsp3) is 0.0870. The molecule has 0 spiro atoms. The molecule has 0 aliphatic rings. The summed E-state index contributed by atoms with van der Waals surface area (Å²) >= 11 is 5.90. The predicted molar refractivity (Wildman–Crippen MR) is 118 cm³/mol. The molecule has 30 heavy (non-hydrogen) atoms. The van der Waals surface area contributed by atoms with Crippen molar-refractivity contribution in [3.05, 3.63) is 94.0 Å². The number of benzene rings is 3. The summed E-state index contributed by atoms with van der Waals surface area (Å²) in [7, 11) is 0. The zero-order chi connectivity index (χ0) is 21.1. The van der Waals surface area contributed by atoms with Crippen molar-refractivity contribution in [2.75, 3.05) is 11.9 Å². The third kappa shape index (κ3) is 4.18. The highest BCUT2D eigenvalue weighted by molar-refractivity contribution is 6.30. The second kappa shape index (κ2) is 8.39. The van der Waals surface area contributed by atoms with Crippen LogP contribution in [0.15, 0.2) is 77.6 Å². The summed E-state index contributed by atoms with van der Waals surface area (Å²) in [5, 5.41) is 3.86. The van der Waals surface area contributed by atoms with E-state index in [1.54, 1.807) is 66.1 Å². The maximum absolute atomic E-state index is 12.9. The van der Waals surface area contributed by atoms with E-state index in [2.05, 4.69) is 10.3 Å². The van der Waals surface area contributed by atoms with Crippen LogP contribution in [-0.2, 0) is 4.79 Å². The zero-order valence-corrected chi connectivity index (χ0v) is 16.9. The summed E-state index contributed by atoms with van der Waals surface area (Å²) in [5.74, 6) is 0.806. The van der Waals surface area contributed by atoms with Gasteiger partial charge in [-0.3, -0.25) is 14.2 Å². The Kier molecular flexibility index (Phi) is 5.50. The van der Waals surface area contributed by atoms with Crippen molar-refractivity contribution in [3.63, 3.8) is 0 Å². The molecule has 0 saturated carbocycles. The van der Waals surface area contributed by atoms with Crippen LogP contribution in [0.4, 0.5) is 5.69 Å². The molecule has 0 saturated heterocycles. The minimum absolute atomic E-state index is 0.134. The number of hydrogen-bond donors (Lipinski definition) is 1. The number of para-hydroxylation sites is 1. The number of aromatic nitrogens is 2. The molecule has 4 rings (SSSR count). The molecule has 150 valence electrons. The fourth-order valence-electron chi connectivity index (χ4n) is 3.14. The molecule has 0 aliphatic carbocycles. The van der Waals surface area contributed by atoms with Gasteiger partial charge in [-0.1, -0.05) is 29.8 Å². The first-order valence-corrected chi connectivity index (χ1v) is 9.66. The normalized spacial score (nSPS) is 10.7. The van der Waals surface area contributed by atoms with Gasteiger partial charge in [0.1, 0.15) is 11.6 Å². The number of amides is 1. The molecular formula is C23H18ClN3O3. The molecule has 7 heteroatoms. The van der Waals surface area contributed by atoms with Crippen LogP contribution in [-0.4, -0.2) is 22.1 Å². The lowest BCUT2D eigenvalue weighted by molar-refractivity contribution is -0.118. The summed E-state index contributed by atoms with van der Waals surface area (Å²) in [6.07, 6.45) is 0. The van der Waals surface area contributed by atoms with E-state index in [0.717, 1.165) is 0 Å². The van der Waals surface area contributed by atoms with Crippen LogP contribution in [0.2, 0.25) is 5.02 Å². The predicted octanol–water partition coefficient (Wildman–Crippen LogP) is 4.37. The average Bonchev–Trinajstić information content (AvgIpc) is 2.74. The second-order valence-corrected chi connectivity index (χ2v) is 7.09. The largest absolute Gasteiger partial charge is 0.484 e. The monoisotopic (exact) mass is 419 g/mol. The summed E-state index contributed by atoms with van der Waals surface area (Å²) in [4.78, 5) is 29.5. The van der Waals surface area contributed by atoms with Gasteiger partial charge >= 0.3 is 0 Å². The van der Waals surface area contributed by atoms with Gasteiger partial charge in [-0.05, 0) is 61.5 Å². The van der Waals surface area contributed by atoms with E-state index in [4.69, 9.17) is 16.3 Å². The van der Waals surface area contributed by atoms with E-state index in [9.17, 15) is 9.59 Å². The zero-order valence-electron chi connectivity index (χ0n) is 16.1. The lowest BCUT2D eigenvalue weighted by Gasteiger charge is -2.12. The number of ether oxygens (including phenoxy) is 1. The highest BCUT2D eigenvalue weighted by Gasteiger charge is 2.10. The van der Waals surface area contributed by atoms with Gasteiger partial charge in [0.2, 0.25) is 0 Å². The Balaban J connectivity index is 1.49. The highest BCUT2D eigenvalue weighted by Crippen LogP contribution is 2.18. The van der Waals surface area contributed by atoms with Gasteiger partial charge in [0.15, 0.2) is 6.61 Å². The lowest BCUT2D eigenvalue weighted by Crippen LogP contribution is -2.22. The number of aryl methyl sites for hydroxylation is 1. The number of carbonyl (C=O) groups is 1. The van der Waals surface area contributed by atoms with Crippen molar-refractivity contribution in [2.24, 2.45) is 0 Å². The quantitative estimate of drug-likeness (QED) is 0.521. The summed E-state index contributed by atoms with van der Waals surface area (Å²) in [6, 6.07) is 21.1. The molecule has 0 atom stereocenters. The third-order valence-corrected chi connectivity index (χ3v) is 4.75. The van der Waals surface area contributed by atoms with E-state index in [1.807, 2.05) is 18.2 Å². The molecule has 1 N–H and O–H groups in total. The number of nitrogens with one attached hydrogen (secondary N) is 1. The Hall–Kier alpha value is -3.64. The van der Waals surface area contributed by atoms with E-state index in [-0.39, 0.29) is 18.1 Å². The third-order valence-electron chi connectivity index (χ3n) is 4.52. The summed E-state index contributed by atoms with van der Waals surface area (Å²) in [5.41, 5.74) is 1.80. The SMILES string of the molecule is Cc1nc2ccccc2c(=O)n1-c1ccc(NC(=O)COc2cccc(Cl)c2)cc1. The second-order valence-electron chi connectivity index (χ2n) is 6.66.